The van der Waals surface area contributed by atoms with E-state index in [4.69, 9.17) is 10.5 Å². The molecular formula is C32H32AsF3N4O4. The van der Waals surface area contributed by atoms with Crippen molar-refractivity contribution in [2.24, 2.45) is 5.73 Å². The Morgan fingerprint density at radius 2 is 1.84 bits per heavy atom. The molecule has 230 valence electrons. The van der Waals surface area contributed by atoms with Crippen LogP contribution in [0.3, 0.4) is 0 Å². The van der Waals surface area contributed by atoms with Crippen LogP contribution in [0.2, 0.25) is 0 Å². The number of imidazole rings is 1. The molecule has 12 heteroatoms. The van der Waals surface area contributed by atoms with Gasteiger partial charge in [-0.3, -0.25) is 0 Å². The standard InChI is InChI=1S/C32H32AsF3N4O4/c1-20-5-7-22(8-6-20)18-40-19-38-17-23(40)16-33-27-13-14-43-29-25(27)3-2-4-26(29)31(42)39-28(30(37)41)15-21-9-11-24(12-10-21)44-32(34,35)36/h2-12,17,19,27-28,33H,13-16,18H2,1H3,(H2,37,41)(H,39,42)/t27?,28-/m0/s1. The Bertz CT molecular complexity index is 1610. The molecular weight excluding hydrogens is 636 g/mol. The van der Waals surface area contributed by atoms with Crippen LogP contribution in [0.5, 0.6) is 11.5 Å². The van der Waals surface area contributed by atoms with Crippen LogP contribution in [0.1, 0.15) is 49.4 Å². The Hall–Kier alpha value is -4.24. The van der Waals surface area contributed by atoms with Gasteiger partial charge in [0.2, 0.25) is 0 Å². The Kier molecular flexibility index (Phi) is 9.64. The zero-order valence-electron chi connectivity index (χ0n) is 23.9. The number of alkyl halides is 3. The van der Waals surface area contributed by atoms with Gasteiger partial charge in [-0.05, 0) is 0 Å². The second kappa shape index (κ2) is 13.6. The molecule has 4 aromatic rings. The van der Waals surface area contributed by atoms with E-state index in [1.54, 1.807) is 6.07 Å². The summed E-state index contributed by atoms with van der Waals surface area (Å²) < 4.78 is 49.7. The summed E-state index contributed by atoms with van der Waals surface area (Å²) in [4.78, 5) is 30.0. The molecule has 1 aliphatic heterocycles. The molecule has 0 aliphatic carbocycles. The Morgan fingerprint density at radius 3 is 2.55 bits per heavy atom. The summed E-state index contributed by atoms with van der Waals surface area (Å²) >= 11 is -0.534. The van der Waals surface area contributed by atoms with E-state index in [2.05, 4.69) is 50.8 Å². The molecule has 0 radical (unpaired) electrons. The number of ether oxygens (including phenoxy) is 2. The normalized spacial score (nSPS) is 15.4. The molecule has 5 rings (SSSR count). The summed E-state index contributed by atoms with van der Waals surface area (Å²) in [7, 11) is 0. The van der Waals surface area contributed by atoms with Gasteiger partial charge in [0, 0.05) is 0 Å². The predicted octanol–water partition coefficient (Wildman–Crippen LogP) is 4.43. The third kappa shape index (κ3) is 8.02. The van der Waals surface area contributed by atoms with Gasteiger partial charge >= 0.3 is 242 Å². The first kappa shape index (κ1) is 31.2. The number of carbonyl (C=O) groups is 2. The van der Waals surface area contributed by atoms with Gasteiger partial charge in [0.25, 0.3) is 0 Å². The fourth-order valence-electron chi connectivity index (χ4n) is 5.09. The SMILES string of the molecule is Cc1ccc(Cn2cncc2C[AsH]C2CCOc3c(C(=O)N[C@@H](Cc4ccc(OC(F)(F)F)cc4)C(N)=O)cccc32)cc1. The number of para-hydroxylation sites is 1. The minimum atomic E-state index is -4.81. The van der Waals surface area contributed by atoms with E-state index in [1.807, 2.05) is 24.7 Å². The fourth-order valence-corrected chi connectivity index (χ4v) is 8.28. The van der Waals surface area contributed by atoms with E-state index >= 15 is 0 Å². The second-order valence-corrected chi connectivity index (χ2v) is 13.7. The van der Waals surface area contributed by atoms with Crippen molar-refractivity contribution in [3.05, 3.63) is 113 Å². The number of carbonyl (C=O) groups excluding carboxylic acids is 2. The number of primary amides is 1. The van der Waals surface area contributed by atoms with E-state index in [9.17, 15) is 22.8 Å². The van der Waals surface area contributed by atoms with Crippen LogP contribution in [0.15, 0.2) is 79.3 Å². The maximum atomic E-state index is 13.4. The number of nitrogens with one attached hydrogen (secondary N) is 1. The molecule has 0 spiro atoms. The van der Waals surface area contributed by atoms with Crippen molar-refractivity contribution in [1.82, 2.24) is 14.9 Å². The van der Waals surface area contributed by atoms with Crippen molar-refractivity contribution in [3.63, 3.8) is 0 Å². The van der Waals surface area contributed by atoms with Gasteiger partial charge in [0.1, 0.15) is 0 Å². The molecule has 0 fully saturated rings. The van der Waals surface area contributed by atoms with Gasteiger partial charge in [-0.15, -0.1) is 13.2 Å². The first-order valence-electron chi connectivity index (χ1n) is 14.0. The van der Waals surface area contributed by atoms with Crippen molar-refractivity contribution in [3.8, 4) is 11.5 Å². The molecule has 2 amide bonds. The van der Waals surface area contributed by atoms with Crippen LogP contribution in [0.25, 0.3) is 0 Å². The summed E-state index contributed by atoms with van der Waals surface area (Å²) in [5.74, 6) is -1.16. The maximum absolute atomic E-state index is 13.4. The van der Waals surface area contributed by atoms with Gasteiger partial charge < -0.3 is 4.74 Å². The number of nitrogens with zero attached hydrogens (tertiary/aromatic N) is 2. The van der Waals surface area contributed by atoms with Gasteiger partial charge in [0.05, 0.1) is 0 Å². The monoisotopic (exact) mass is 668 g/mol. The van der Waals surface area contributed by atoms with Gasteiger partial charge in [-0.1, -0.05) is 0 Å². The molecule has 3 N–H and O–H groups in total. The molecule has 3 aromatic carbocycles. The van der Waals surface area contributed by atoms with Crippen LogP contribution in [0.4, 0.5) is 13.2 Å². The molecule has 1 aliphatic rings. The Labute approximate surface area is 259 Å². The van der Waals surface area contributed by atoms with Crippen LogP contribution >= 0.6 is 0 Å². The van der Waals surface area contributed by atoms with Crippen LogP contribution in [-0.4, -0.2) is 56.1 Å². The molecule has 8 nitrogen and oxygen atoms in total. The van der Waals surface area contributed by atoms with Crippen molar-refractivity contribution < 1.29 is 32.2 Å². The van der Waals surface area contributed by atoms with Crippen molar-refractivity contribution >= 4 is 27.6 Å². The summed E-state index contributed by atoms with van der Waals surface area (Å²) in [6, 6.07) is 17.9. The molecule has 0 saturated carbocycles. The summed E-state index contributed by atoms with van der Waals surface area (Å²) in [6.07, 6.45) is -0.186. The summed E-state index contributed by atoms with van der Waals surface area (Å²) in [5.41, 5.74) is 11.0. The van der Waals surface area contributed by atoms with Crippen LogP contribution in [0, 0.1) is 6.92 Å². The molecule has 3 atom stereocenters. The second-order valence-electron chi connectivity index (χ2n) is 10.6. The molecule has 1 aromatic heterocycles. The third-order valence-electron chi connectivity index (χ3n) is 7.37. The Balaban J connectivity index is 1.25. The number of halogens is 3. The predicted molar refractivity (Wildman–Crippen MR) is 160 cm³/mol. The number of benzene rings is 3. The average molecular weight is 669 g/mol. The number of nitrogens with two attached hydrogens (primary N) is 1. The first-order chi connectivity index (χ1) is 21.1. The topological polar surface area (TPSA) is 108 Å². The van der Waals surface area contributed by atoms with E-state index in [-0.39, 0.29) is 16.9 Å². The zero-order valence-corrected chi connectivity index (χ0v) is 26.0. The van der Waals surface area contributed by atoms with Crippen LogP contribution < -0.4 is 20.5 Å². The first-order valence-corrected chi connectivity index (χ1v) is 16.7. The summed E-state index contributed by atoms with van der Waals surface area (Å²) in [6.45, 7) is 3.29. The average Bonchev–Trinajstić information content (AvgIpc) is 3.43. The van der Waals surface area contributed by atoms with E-state index in [0.29, 0.717) is 23.5 Å². The number of aryl methyl sites for hydroxylation is 1. The zero-order chi connectivity index (χ0) is 31.3. The number of amides is 2. The minimum absolute atomic E-state index is 0.00558. The molecule has 2 unspecified atom stereocenters. The van der Waals surface area contributed by atoms with Gasteiger partial charge in [-0.2, -0.15) is 0 Å². The van der Waals surface area contributed by atoms with E-state index < -0.39 is 40.0 Å². The van der Waals surface area contributed by atoms with E-state index in [0.717, 1.165) is 35.9 Å². The number of hydrogen-bond donors (Lipinski definition) is 2. The molecule has 0 saturated heterocycles. The molecule has 2 heterocycles. The van der Waals surface area contributed by atoms with E-state index in [1.165, 1.54) is 29.0 Å². The van der Waals surface area contributed by atoms with Gasteiger partial charge in [0.15, 0.2) is 0 Å². The van der Waals surface area contributed by atoms with Crippen molar-refractivity contribution in [2.75, 3.05) is 6.61 Å². The third-order valence-corrected chi connectivity index (χ3v) is 10.8. The van der Waals surface area contributed by atoms with Crippen LogP contribution in [-0.2, 0) is 23.0 Å². The quantitative estimate of drug-likeness (QED) is 0.230. The number of hydrogen-bond acceptors (Lipinski definition) is 5. The number of fused-ring (bicyclic) bond motifs is 1. The van der Waals surface area contributed by atoms with Crippen molar-refractivity contribution in [2.45, 2.75) is 48.6 Å². The Morgan fingerprint density at radius 1 is 1.11 bits per heavy atom. The van der Waals surface area contributed by atoms with Crippen molar-refractivity contribution in [1.29, 1.82) is 0 Å². The molecule has 0 bridgehead atoms. The number of rotatable bonds is 11. The summed E-state index contributed by atoms with van der Waals surface area (Å²) in [5, 5.41) is 3.60. The molecule has 44 heavy (non-hydrogen) atoms. The fraction of sp³-hybridized carbons (Fsp3) is 0.281. The number of aromatic nitrogens is 2. The van der Waals surface area contributed by atoms with Gasteiger partial charge in [-0.25, -0.2) is 0 Å².